The molecule has 1 heterocycles. The normalized spacial score (nSPS) is 22.5. The van der Waals surface area contributed by atoms with E-state index in [2.05, 4.69) is 5.32 Å². The second-order valence-corrected chi connectivity index (χ2v) is 6.33. The van der Waals surface area contributed by atoms with Crippen LogP contribution in [-0.4, -0.2) is 38.4 Å². The summed E-state index contributed by atoms with van der Waals surface area (Å²) in [4.78, 5) is 0. The van der Waals surface area contributed by atoms with Gasteiger partial charge in [-0.1, -0.05) is 30.3 Å². The molecule has 0 amide bonds. The standard InChI is InChI=1S/C12H18N2O2S/c1-11-9-13-7-8-14(11)17(15,16)10-12-5-3-2-4-6-12/h2-6,11,13H,7-10H2,1H3/t11-/m1/s1. The molecule has 17 heavy (non-hydrogen) atoms. The summed E-state index contributed by atoms with van der Waals surface area (Å²) in [7, 11) is -3.19. The van der Waals surface area contributed by atoms with Crippen molar-refractivity contribution >= 4 is 10.0 Å². The quantitative estimate of drug-likeness (QED) is 0.868. The van der Waals surface area contributed by atoms with Crippen molar-refractivity contribution in [3.63, 3.8) is 0 Å². The Bertz CT molecular complexity index is 459. The van der Waals surface area contributed by atoms with Gasteiger partial charge in [-0.25, -0.2) is 8.42 Å². The first-order valence-corrected chi connectivity index (χ1v) is 7.45. The number of piperazine rings is 1. The molecule has 94 valence electrons. The highest BCUT2D eigenvalue weighted by Gasteiger charge is 2.29. The molecule has 5 heteroatoms. The number of sulfonamides is 1. The third kappa shape index (κ3) is 3.06. The smallest absolute Gasteiger partial charge is 0.218 e. The molecule has 0 bridgehead atoms. The molecule has 1 N–H and O–H groups in total. The van der Waals surface area contributed by atoms with Crippen LogP contribution in [0.5, 0.6) is 0 Å². The molecule has 1 atom stereocenters. The van der Waals surface area contributed by atoms with Gasteiger partial charge in [0.2, 0.25) is 10.0 Å². The fourth-order valence-electron chi connectivity index (χ4n) is 2.10. The van der Waals surface area contributed by atoms with Gasteiger partial charge in [0.15, 0.2) is 0 Å². The van der Waals surface area contributed by atoms with Gasteiger partial charge in [-0.3, -0.25) is 0 Å². The molecule has 1 aromatic rings. The van der Waals surface area contributed by atoms with E-state index in [0.29, 0.717) is 6.54 Å². The highest BCUT2D eigenvalue weighted by Crippen LogP contribution is 2.14. The van der Waals surface area contributed by atoms with Crippen molar-refractivity contribution in [3.8, 4) is 0 Å². The molecule has 1 fully saturated rings. The number of rotatable bonds is 3. The van der Waals surface area contributed by atoms with E-state index in [0.717, 1.165) is 18.7 Å². The molecule has 0 aliphatic carbocycles. The Morgan fingerprint density at radius 3 is 2.71 bits per heavy atom. The minimum atomic E-state index is -3.19. The molecule has 4 nitrogen and oxygen atoms in total. The fourth-order valence-corrected chi connectivity index (χ4v) is 3.88. The van der Waals surface area contributed by atoms with E-state index in [-0.39, 0.29) is 11.8 Å². The van der Waals surface area contributed by atoms with E-state index in [1.807, 2.05) is 37.3 Å². The summed E-state index contributed by atoms with van der Waals surface area (Å²) in [5, 5.41) is 3.19. The predicted molar refractivity (Wildman–Crippen MR) is 68.1 cm³/mol. The van der Waals surface area contributed by atoms with E-state index < -0.39 is 10.0 Å². The zero-order valence-corrected chi connectivity index (χ0v) is 10.8. The van der Waals surface area contributed by atoms with Gasteiger partial charge >= 0.3 is 0 Å². The van der Waals surface area contributed by atoms with Crippen LogP contribution in [0, 0.1) is 0 Å². The van der Waals surface area contributed by atoms with Crippen molar-refractivity contribution < 1.29 is 8.42 Å². The van der Waals surface area contributed by atoms with Gasteiger partial charge in [0.05, 0.1) is 5.75 Å². The summed E-state index contributed by atoms with van der Waals surface area (Å²) >= 11 is 0. The maximum atomic E-state index is 12.3. The maximum absolute atomic E-state index is 12.3. The fraction of sp³-hybridized carbons (Fsp3) is 0.500. The highest BCUT2D eigenvalue weighted by molar-refractivity contribution is 7.88. The van der Waals surface area contributed by atoms with Crippen LogP contribution in [0.3, 0.4) is 0 Å². The largest absolute Gasteiger partial charge is 0.314 e. The van der Waals surface area contributed by atoms with E-state index in [9.17, 15) is 8.42 Å². The molecule has 1 aromatic carbocycles. The van der Waals surface area contributed by atoms with Gasteiger partial charge in [-0.15, -0.1) is 0 Å². The lowest BCUT2D eigenvalue weighted by atomic mass is 10.2. The highest BCUT2D eigenvalue weighted by atomic mass is 32.2. The molecule has 1 aliphatic rings. The average Bonchev–Trinajstić information content (AvgIpc) is 2.30. The number of nitrogens with one attached hydrogen (secondary N) is 1. The zero-order valence-electron chi connectivity index (χ0n) is 9.96. The van der Waals surface area contributed by atoms with E-state index in [1.165, 1.54) is 0 Å². The first kappa shape index (κ1) is 12.5. The summed E-state index contributed by atoms with van der Waals surface area (Å²) in [6.07, 6.45) is 0. The number of nitrogens with zero attached hydrogens (tertiary/aromatic N) is 1. The second kappa shape index (κ2) is 5.16. The molecule has 1 aliphatic heterocycles. The van der Waals surface area contributed by atoms with Gasteiger partial charge in [0.1, 0.15) is 0 Å². The number of benzene rings is 1. The summed E-state index contributed by atoms with van der Waals surface area (Å²) < 4.78 is 26.1. The van der Waals surface area contributed by atoms with Crippen molar-refractivity contribution in [1.82, 2.24) is 9.62 Å². The Morgan fingerprint density at radius 2 is 2.06 bits per heavy atom. The van der Waals surface area contributed by atoms with Crippen molar-refractivity contribution in [2.45, 2.75) is 18.7 Å². The number of hydrogen-bond acceptors (Lipinski definition) is 3. The molecule has 0 aromatic heterocycles. The lowest BCUT2D eigenvalue weighted by Gasteiger charge is -2.32. The molecule has 0 spiro atoms. The number of hydrogen-bond donors (Lipinski definition) is 1. The first-order valence-electron chi connectivity index (χ1n) is 5.84. The van der Waals surface area contributed by atoms with E-state index in [4.69, 9.17) is 0 Å². The molecule has 0 saturated carbocycles. The maximum Gasteiger partial charge on any atom is 0.218 e. The van der Waals surface area contributed by atoms with Crippen LogP contribution in [0.25, 0.3) is 0 Å². The molecule has 0 unspecified atom stereocenters. The summed E-state index contributed by atoms with van der Waals surface area (Å²) in [5.41, 5.74) is 0.846. The van der Waals surface area contributed by atoms with Crippen LogP contribution >= 0.6 is 0 Å². The van der Waals surface area contributed by atoms with Crippen LogP contribution in [-0.2, 0) is 15.8 Å². The molecular formula is C12H18N2O2S. The Kier molecular flexibility index (Phi) is 3.81. The van der Waals surface area contributed by atoms with Gasteiger partial charge in [0.25, 0.3) is 0 Å². The van der Waals surface area contributed by atoms with Gasteiger partial charge in [-0.2, -0.15) is 4.31 Å². The van der Waals surface area contributed by atoms with Crippen LogP contribution in [0.1, 0.15) is 12.5 Å². The van der Waals surface area contributed by atoms with Crippen LogP contribution in [0.2, 0.25) is 0 Å². The van der Waals surface area contributed by atoms with Crippen LogP contribution in [0.15, 0.2) is 30.3 Å². The monoisotopic (exact) mass is 254 g/mol. The molecule has 0 radical (unpaired) electrons. The predicted octanol–water partition coefficient (Wildman–Crippen LogP) is 0.810. The van der Waals surface area contributed by atoms with Crippen molar-refractivity contribution in [1.29, 1.82) is 0 Å². The summed E-state index contributed by atoms with van der Waals surface area (Å²) in [5.74, 6) is 0.0954. The minimum absolute atomic E-state index is 0.0393. The Balaban J connectivity index is 2.13. The third-order valence-electron chi connectivity index (χ3n) is 2.99. The minimum Gasteiger partial charge on any atom is -0.314 e. The van der Waals surface area contributed by atoms with Crippen LogP contribution in [0.4, 0.5) is 0 Å². The topological polar surface area (TPSA) is 49.4 Å². The van der Waals surface area contributed by atoms with Crippen molar-refractivity contribution in [2.75, 3.05) is 19.6 Å². The lowest BCUT2D eigenvalue weighted by Crippen LogP contribution is -2.52. The summed E-state index contributed by atoms with van der Waals surface area (Å²) in [6.45, 7) is 3.97. The van der Waals surface area contributed by atoms with Gasteiger partial charge in [0, 0.05) is 25.7 Å². The zero-order chi connectivity index (χ0) is 12.3. The van der Waals surface area contributed by atoms with E-state index in [1.54, 1.807) is 4.31 Å². The third-order valence-corrected chi connectivity index (χ3v) is 4.94. The van der Waals surface area contributed by atoms with Crippen molar-refractivity contribution in [3.05, 3.63) is 35.9 Å². The SMILES string of the molecule is C[C@@H]1CNCCN1S(=O)(=O)Cc1ccccc1. The van der Waals surface area contributed by atoms with Crippen molar-refractivity contribution in [2.24, 2.45) is 0 Å². The van der Waals surface area contributed by atoms with Gasteiger partial charge in [-0.05, 0) is 12.5 Å². The Hall–Kier alpha value is -0.910. The Morgan fingerprint density at radius 1 is 1.35 bits per heavy atom. The van der Waals surface area contributed by atoms with Crippen LogP contribution < -0.4 is 5.32 Å². The van der Waals surface area contributed by atoms with Gasteiger partial charge < -0.3 is 5.32 Å². The molecule has 2 rings (SSSR count). The molecule has 1 saturated heterocycles. The first-order chi connectivity index (χ1) is 8.09. The summed E-state index contributed by atoms with van der Waals surface area (Å²) in [6, 6.07) is 9.37. The molecular weight excluding hydrogens is 236 g/mol. The lowest BCUT2D eigenvalue weighted by molar-refractivity contribution is 0.283. The second-order valence-electron chi connectivity index (χ2n) is 4.41. The van der Waals surface area contributed by atoms with E-state index >= 15 is 0 Å². The average molecular weight is 254 g/mol. The Labute approximate surface area is 103 Å².